The number of benzene rings is 4. The first-order valence-corrected chi connectivity index (χ1v) is 10.0. The van der Waals surface area contributed by atoms with Crippen LogP contribution in [0.3, 0.4) is 0 Å². The van der Waals surface area contributed by atoms with Gasteiger partial charge in [0.15, 0.2) is 0 Å². The lowest BCUT2D eigenvalue weighted by Crippen LogP contribution is -2.46. The van der Waals surface area contributed by atoms with Crippen molar-refractivity contribution in [2.75, 3.05) is 4.90 Å². The van der Waals surface area contributed by atoms with Gasteiger partial charge in [0.1, 0.15) is 11.3 Å². The van der Waals surface area contributed by atoms with Crippen molar-refractivity contribution in [1.29, 1.82) is 0 Å². The topological polar surface area (TPSA) is 40.5 Å². The van der Waals surface area contributed by atoms with E-state index >= 15 is 0 Å². The molecule has 1 atom stereocenters. The van der Waals surface area contributed by atoms with Crippen molar-refractivity contribution < 1.29 is 9.90 Å². The number of phenolic OH excluding ortho intramolecular Hbond substituents is 1. The Kier molecular flexibility index (Phi) is 4.36. The number of fused-ring (bicyclic) bond motifs is 1. The lowest BCUT2D eigenvalue weighted by Gasteiger charge is -2.40. The highest BCUT2D eigenvalue weighted by Gasteiger charge is 2.51. The molecule has 1 unspecified atom stereocenters. The van der Waals surface area contributed by atoms with E-state index in [2.05, 4.69) is 12.1 Å². The minimum Gasteiger partial charge on any atom is -0.508 e. The highest BCUT2D eigenvalue weighted by atomic mass is 16.3. The molecule has 1 aliphatic rings. The number of nitrogens with zero attached hydrogens (tertiary/aromatic N) is 1. The van der Waals surface area contributed by atoms with E-state index in [-0.39, 0.29) is 11.7 Å². The fourth-order valence-corrected chi connectivity index (χ4v) is 4.55. The largest absolute Gasteiger partial charge is 0.508 e. The smallest absolute Gasteiger partial charge is 0.259 e. The Morgan fingerprint density at radius 2 is 1.30 bits per heavy atom. The molecule has 1 N–H and O–H groups in total. The maximum atomic E-state index is 13.7. The standard InChI is InChI=1S/C27H21NO2/c29-23-17-15-21(16-18-23)27(19-20-9-3-1-4-10-20)25-14-8-7-13-24(25)26(30)28(27)22-11-5-2-6-12-22/h1-18,29H,19H2. The molecule has 1 aliphatic heterocycles. The molecule has 4 aromatic carbocycles. The van der Waals surface area contributed by atoms with E-state index in [4.69, 9.17) is 0 Å². The zero-order valence-corrected chi connectivity index (χ0v) is 16.4. The summed E-state index contributed by atoms with van der Waals surface area (Å²) in [6, 6.07) is 35.1. The maximum absolute atomic E-state index is 13.7. The molecule has 0 aromatic heterocycles. The second kappa shape index (κ2) is 7.20. The lowest BCUT2D eigenvalue weighted by atomic mass is 9.77. The number of anilines is 1. The van der Waals surface area contributed by atoms with Gasteiger partial charge in [-0.15, -0.1) is 0 Å². The fraction of sp³-hybridized carbons (Fsp3) is 0.0741. The van der Waals surface area contributed by atoms with Crippen LogP contribution in [0.25, 0.3) is 0 Å². The fourth-order valence-electron chi connectivity index (χ4n) is 4.55. The second-order valence-corrected chi connectivity index (χ2v) is 7.59. The van der Waals surface area contributed by atoms with Gasteiger partial charge in [0, 0.05) is 17.7 Å². The van der Waals surface area contributed by atoms with Crippen molar-refractivity contribution in [2.24, 2.45) is 0 Å². The molecule has 3 nitrogen and oxygen atoms in total. The molecule has 0 saturated carbocycles. The third-order valence-electron chi connectivity index (χ3n) is 5.85. The number of hydrogen-bond donors (Lipinski definition) is 1. The van der Waals surface area contributed by atoms with Gasteiger partial charge in [0.2, 0.25) is 0 Å². The van der Waals surface area contributed by atoms with Crippen molar-refractivity contribution >= 4 is 11.6 Å². The number of carbonyl (C=O) groups excluding carboxylic acids is 1. The lowest BCUT2D eigenvalue weighted by molar-refractivity contribution is 0.0982. The molecule has 5 rings (SSSR count). The number of aromatic hydroxyl groups is 1. The summed E-state index contributed by atoms with van der Waals surface area (Å²) in [7, 11) is 0. The zero-order valence-electron chi connectivity index (χ0n) is 16.4. The van der Waals surface area contributed by atoms with Gasteiger partial charge in [0.05, 0.1) is 0 Å². The normalized spacial score (nSPS) is 17.7. The number of phenols is 1. The minimum absolute atomic E-state index is 0.0131. The first-order chi connectivity index (χ1) is 14.7. The van der Waals surface area contributed by atoms with E-state index in [1.807, 2.05) is 89.8 Å². The van der Waals surface area contributed by atoms with Crippen LogP contribution in [-0.2, 0) is 12.0 Å². The Labute approximate surface area is 175 Å². The van der Waals surface area contributed by atoms with E-state index in [1.165, 1.54) is 0 Å². The van der Waals surface area contributed by atoms with Crippen LogP contribution in [0.1, 0.15) is 27.0 Å². The average molecular weight is 391 g/mol. The molecule has 1 heterocycles. The van der Waals surface area contributed by atoms with Gasteiger partial charge in [-0.3, -0.25) is 9.69 Å². The molecule has 3 heteroatoms. The molecule has 0 saturated heterocycles. The third-order valence-corrected chi connectivity index (χ3v) is 5.85. The number of amides is 1. The summed E-state index contributed by atoms with van der Waals surface area (Å²) >= 11 is 0. The highest BCUT2D eigenvalue weighted by molar-refractivity contribution is 6.13. The Bertz CT molecular complexity index is 1190. The second-order valence-electron chi connectivity index (χ2n) is 7.59. The highest BCUT2D eigenvalue weighted by Crippen LogP contribution is 2.48. The summed E-state index contributed by atoms with van der Waals surface area (Å²) in [6.07, 6.45) is 0.621. The van der Waals surface area contributed by atoms with E-state index in [1.54, 1.807) is 12.1 Å². The molecule has 0 fully saturated rings. The number of hydrogen-bond acceptors (Lipinski definition) is 2. The van der Waals surface area contributed by atoms with Crippen LogP contribution in [0.4, 0.5) is 5.69 Å². The van der Waals surface area contributed by atoms with E-state index in [0.717, 1.165) is 22.4 Å². The van der Waals surface area contributed by atoms with E-state index in [9.17, 15) is 9.90 Å². The van der Waals surface area contributed by atoms with Crippen LogP contribution in [0.5, 0.6) is 5.75 Å². The van der Waals surface area contributed by atoms with E-state index in [0.29, 0.717) is 12.0 Å². The molecule has 146 valence electrons. The van der Waals surface area contributed by atoms with Crippen LogP contribution >= 0.6 is 0 Å². The summed E-state index contributed by atoms with van der Waals surface area (Å²) in [5.74, 6) is 0.193. The quantitative estimate of drug-likeness (QED) is 0.496. The predicted octanol–water partition coefficient (Wildman–Crippen LogP) is 5.54. The summed E-state index contributed by atoms with van der Waals surface area (Å²) in [6.45, 7) is 0. The van der Waals surface area contributed by atoms with Gasteiger partial charge >= 0.3 is 0 Å². The Morgan fingerprint density at radius 3 is 2.00 bits per heavy atom. The summed E-state index contributed by atoms with van der Waals surface area (Å²) in [4.78, 5) is 15.6. The van der Waals surface area contributed by atoms with Gasteiger partial charge in [-0.2, -0.15) is 0 Å². The minimum atomic E-state index is -0.718. The third kappa shape index (κ3) is 2.79. The molecular weight excluding hydrogens is 370 g/mol. The molecule has 4 aromatic rings. The molecule has 0 radical (unpaired) electrons. The number of rotatable bonds is 4. The van der Waals surface area contributed by atoms with Crippen molar-refractivity contribution in [3.8, 4) is 5.75 Å². The van der Waals surface area contributed by atoms with Crippen molar-refractivity contribution in [3.05, 3.63) is 131 Å². The van der Waals surface area contributed by atoms with Crippen LogP contribution in [0, 0.1) is 0 Å². The zero-order chi connectivity index (χ0) is 20.6. The molecule has 1 amide bonds. The summed E-state index contributed by atoms with van der Waals surface area (Å²) in [5, 5.41) is 9.92. The molecule has 0 bridgehead atoms. The van der Waals surface area contributed by atoms with Crippen LogP contribution in [0.2, 0.25) is 0 Å². The predicted molar refractivity (Wildman–Crippen MR) is 119 cm³/mol. The maximum Gasteiger partial charge on any atom is 0.259 e. The van der Waals surface area contributed by atoms with Gasteiger partial charge in [-0.05, 0) is 47.0 Å². The number of carbonyl (C=O) groups is 1. The van der Waals surface area contributed by atoms with Crippen LogP contribution in [-0.4, -0.2) is 11.0 Å². The van der Waals surface area contributed by atoms with Gasteiger partial charge in [-0.25, -0.2) is 0 Å². The Balaban J connectivity index is 1.83. The molecule has 30 heavy (non-hydrogen) atoms. The number of para-hydroxylation sites is 1. The van der Waals surface area contributed by atoms with Crippen molar-refractivity contribution in [1.82, 2.24) is 0 Å². The van der Waals surface area contributed by atoms with Crippen LogP contribution < -0.4 is 4.90 Å². The van der Waals surface area contributed by atoms with Crippen molar-refractivity contribution in [2.45, 2.75) is 12.0 Å². The Hall–Kier alpha value is -3.85. The Morgan fingerprint density at radius 1 is 0.700 bits per heavy atom. The van der Waals surface area contributed by atoms with Gasteiger partial charge < -0.3 is 5.11 Å². The van der Waals surface area contributed by atoms with Crippen LogP contribution in [0.15, 0.2) is 109 Å². The average Bonchev–Trinajstić information content (AvgIpc) is 3.04. The van der Waals surface area contributed by atoms with Crippen molar-refractivity contribution in [3.63, 3.8) is 0 Å². The molecular formula is C27H21NO2. The first-order valence-electron chi connectivity index (χ1n) is 10.0. The molecule has 0 spiro atoms. The van der Waals surface area contributed by atoms with E-state index < -0.39 is 5.54 Å². The monoisotopic (exact) mass is 391 g/mol. The van der Waals surface area contributed by atoms with Gasteiger partial charge in [-0.1, -0.05) is 78.9 Å². The summed E-state index contributed by atoms with van der Waals surface area (Å²) < 4.78 is 0. The first kappa shape index (κ1) is 18.2. The SMILES string of the molecule is O=C1c2ccccc2C(Cc2ccccc2)(c2ccc(O)cc2)N1c1ccccc1. The van der Waals surface area contributed by atoms with Gasteiger partial charge in [0.25, 0.3) is 5.91 Å². The molecule has 0 aliphatic carbocycles. The summed E-state index contributed by atoms with van der Waals surface area (Å²) in [5.41, 5.74) is 3.92.